The van der Waals surface area contributed by atoms with Crippen LogP contribution in [0.1, 0.15) is 11.1 Å². The Morgan fingerprint density at radius 2 is 1.79 bits per heavy atom. The fourth-order valence-corrected chi connectivity index (χ4v) is 5.73. The number of nitrogens with zero attached hydrogens (tertiary/aromatic N) is 1. The first-order valence-corrected chi connectivity index (χ1v) is 11.8. The molecule has 0 saturated carbocycles. The van der Waals surface area contributed by atoms with E-state index < -0.39 is 12.6 Å². The number of imide groups is 1. The lowest BCUT2D eigenvalue weighted by molar-refractivity contribution is -0.139. The highest BCUT2D eigenvalue weighted by Gasteiger charge is 2.35. The Labute approximate surface area is 206 Å². The molecule has 1 aliphatic rings. The van der Waals surface area contributed by atoms with E-state index in [-0.39, 0.29) is 17.7 Å². The smallest absolute Gasteiger partial charge is 0.341 e. The molecule has 150 valence electrons. The van der Waals surface area contributed by atoms with Crippen LogP contribution in [-0.4, -0.2) is 33.7 Å². The van der Waals surface area contributed by atoms with Crippen LogP contribution >= 0.6 is 72.9 Å². The molecule has 0 unspecified atom stereocenters. The molecule has 6 nitrogen and oxygen atoms in total. The van der Waals surface area contributed by atoms with Crippen molar-refractivity contribution in [1.82, 2.24) is 4.90 Å². The Balaban J connectivity index is 1.80. The number of ether oxygens (including phenoxy) is 1. The number of aliphatic carboxylic acids is 1. The minimum absolute atomic E-state index is 0.215. The normalized spacial score (nSPS) is 15.3. The molecular formula is C19H12BrI2NO5S. The van der Waals surface area contributed by atoms with Gasteiger partial charge in [-0.1, -0.05) is 28.1 Å². The molecule has 1 N–H and O–H groups in total. The van der Waals surface area contributed by atoms with E-state index in [4.69, 9.17) is 9.84 Å². The van der Waals surface area contributed by atoms with Crippen molar-refractivity contribution in [3.05, 3.63) is 64.0 Å². The molecule has 3 rings (SSSR count). The maximum Gasteiger partial charge on any atom is 0.341 e. The average Bonchev–Trinajstić information content (AvgIpc) is 2.90. The van der Waals surface area contributed by atoms with Crippen molar-refractivity contribution in [3.8, 4) is 5.75 Å². The first-order chi connectivity index (χ1) is 13.7. The molecular weight excluding hydrogens is 688 g/mol. The van der Waals surface area contributed by atoms with Gasteiger partial charge in [0.25, 0.3) is 11.1 Å². The molecule has 0 aromatic heterocycles. The molecule has 1 saturated heterocycles. The van der Waals surface area contributed by atoms with Gasteiger partial charge in [0, 0.05) is 4.47 Å². The van der Waals surface area contributed by atoms with Gasteiger partial charge in [0.1, 0.15) is 5.75 Å². The third kappa shape index (κ3) is 5.73. The first kappa shape index (κ1) is 22.6. The summed E-state index contributed by atoms with van der Waals surface area (Å²) in [6.07, 6.45) is 1.66. The molecule has 29 heavy (non-hydrogen) atoms. The molecule has 0 spiro atoms. The number of carboxylic acids is 1. The van der Waals surface area contributed by atoms with Crippen LogP contribution in [0.5, 0.6) is 5.75 Å². The molecule has 10 heteroatoms. The van der Waals surface area contributed by atoms with Gasteiger partial charge in [0.05, 0.1) is 18.6 Å². The lowest BCUT2D eigenvalue weighted by Gasteiger charge is -2.12. The molecule has 2 amide bonds. The molecule has 1 aliphatic heterocycles. The van der Waals surface area contributed by atoms with Gasteiger partial charge in [0.2, 0.25) is 0 Å². The van der Waals surface area contributed by atoms with Gasteiger partial charge in [-0.2, -0.15) is 0 Å². The summed E-state index contributed by atoms with van der Waals surface area (Å²) >= 11 is 8.37. The number of hydrogen-bond donors (Lipinski definition) is 1. The summed E-state index contributed by atoms with van der Waals surface area (Å²) in [5, 5.41) is 8.47. The van der Waals surface area contributed by atoms with E-state index in [1.165, 1.54) is 4.90 Å². The van der Waals surface area contributed by atoms with Crippen LogP contribution < -0.4 is 4.74 Å². The van der Waals surface area contributed by atoms with E-state index in [0.29, 0.717) is 10.7 Å². The van der Waals surface area contributed by atoms with E-state index in [2.05, 4.69) is 61.1 Å². The summed E-state index contributed by atoms with van der Waals surface area (Å²) in [7, 11) is 0. The molecule has 2 aromatic carbocycles. The molecule has 0 atom stereocenters. The minimum Gasteiger partial charge on any atom is -0.480 e. The quantitative estimate of drug-likeness (QED) is 0.323. The van der Waals surface area contributed by atoms with Crippen LogP contribution in [0.4, 0.5) is 4.79 Å². The Morgan fingerprint density at radius 3 is 2.38 bits per heavy atom. The van der Waals surface area contributed by atoms with Gasteiger partial charge >= 0.3 is 5.97 Å². The van der Waals surface area contributed by atoms with E-state index in [1.54, 1.807) is 18.2 Å². The van der Waals surface area contributed by atoms with Gasteiger partial charge in [0.15, 0.2) is 6.61 Å². The highest BCUT2D eigenvalue weighted by molar-refractivity contribution is 14.1. The van der Waals surface area contributed by atoms with E-state index >= 15 is 0 Å². The highest BCUT2D eigenvalue weighted by atomic mass is 127. The fraction of sp³-hybridized carbons (Fsp3) is 0.105. The van der Waals surface area contributed by atoms with Crippen molar-refractivity contribution in [2.45, 2.75) is 6.54 Å². The number of rotatable bonds is 6. The SMILES string of the molecule is O=C(O)COc1c(I)cc(/C=C2\SC(=O)N(Cc3ccc(Br)cc3)C2=O)cc1I. The highest BCUT2D eigenvalue weighted by Crippen LogP contribution is 2.35. The van der Waals surface area contributed by atoms with E-state index in [9.17, 15) is 14.4 Å². The van der Waals surface area contributed by atoms with Gasteiger partial charge in [-0.05, 0) is 98.4 Å². The third-order valence-corrected chi connectivity index (χ3v) is 6.82. The number of hydrogen-bond acceptors (Lipinski definition) is 5. The standard InChI is InChI=1S/C19H12BrI2NO5S/c20-12-3-1-10(2-4-12)8-23-18(26)15(29-19(23)27)7-11-5-13(21)17(14(22)6-11)28-9-16(24)25/h1-7H,8-9H2,(H,24,25)/b15-7-. The van der Waals surface area contributed by atoms with Crippen molar-refractivity contribution >= 4 is 96.1 Å². The van der Waals surface area contributed by atoms with E-state index in [1.807, 2.05) is 24.3 Å². The Hall–Kier alpha value is -1.12. The lowest BCUT2D eigenvalue weighted by Crippen LogP contribution is -2.27. The number of thioether (sulfide) groups is 1. The minimum atomic E-state index is -1.06. The van der Waals surface area contributed by atoms with Crippen LogP contribution in [0.15, 0.2) is 45.8 Å². The van der Waals surface area contributed by atoms with Crippen molar-refractivity contribution in [2.75, 3.05) is 6.61 Å². The number of carbonyl (C=O) groups is 3. The second-order valence-electron chi connectivity index (χ2n) is 5.89. The predicted octanol–water partition coefficient (Wildman–Crippen LogP) is 5.36. The number of halogens is 3. The first-order valence-electron chi connectivity index (χ1n) is 8.08. The fourth-order valence-electron chi connectivity index (χ4n) is 2.49. The maximum atomic E-state index is 12.7. The molecule has 1 fully saturated rings. The monoisotopic (exact) mass is 699 g/mol. The summed E-state index contributed by atoms with van der Waals surface area (Å²) in [5.41, 5.74) is 1.59. The second-order valence-corrected chi connectivity index (χ2v) is 10.1. The van der Waals surface area contributed by atoms with Crippen molar-refractivity contribution in [1.29, 1.82) is 0 Å². The molecule has 0 aliphatic carbocycles. The van der Waals surface area contributed by atoms with Gasteiger partial charge in [-0.3, -0.25) is 14.5 Å². The van der Waals surface area contributed by atoms with Crippen LogP contribution in [0, 0.1) is 7.14 Å². The Kier molecular flexibility index (Phi) is 7.62. The zero-order valence-corrected chi connectivity index (χ0v) is 21.2. The van der Waals surface area contributed by atoms with Crippen molar-refractivity contribution in [3.63, 3.8) is 0 Å². The molecule has 0 radical (unpaired) electrons. The predicted molar refractivity (Wildman–Crippen MR) is 131 cm³/mol. The number of amides is 2. The van der Waals surface area contributed by atoms with Crippen LogP contribution in [0.2, 0.25) is 0 Å². The summed E-state index contributed by atoms with van der Waals surface area (Å²) in [4.78, 5) is 37.3. The number of carboxylic acid groups (broad SMARTS) is 1. The zero-order chi connectivity index (χ0) is 21.1. The molecule has 2 aromatic rings. The topological polar surface area (TPSA) is 83.9 Å². The largest absolute Gasteiger partial charge is 0.480 e. The molecule has 1 heterocycles. The van der Waals surface area contributed by atoms with Gasteiger partial charge < -0.3 is 9.84 Å². The summed E-state index contributed by atoms with van der Waals surface area (Å²) in [6.45, 7) is -0.216. The van der Waals surface area contributed by atoms with Gasteiger partial charge in [-0.25, -0.2) is 4.79 Å². The van der Waals surface area contributed by atoms with Crippen LogP contribution in [0.3, 0.4) is 0 Å². The third-order valence-electron chi connectivity index (χ3n) is 3.79. The second kappa shape index (κ2) is 9.79. The number of benzene rings is 2. The summed E-state index contributed by atoms with van der Waals surface area (Å²) in [6, 6.07) is 11.0. The van der Waals surface area contributed by atoms with Crippen molar-refractivity contribution < 1.29 is 24.2 Å². The average molecular weight is 700 g/mol. The van der Waals surface area contributed by atoms with E-state index in [0.717, 1.165) is 34.5 Å². The Morgan fingerprint density at radius 1 is 1.17 bits per heavy atom. The van der Waals surface area contributed by atoms with Crippen LogP contribution in [-0.2, 0) is 16.1 Å². The number of carbonyl (C=O) groups excluding carboxylic acids is 2. The Bertz CT molecular complexity index is 1000. The van der Waals surface area contributed by atoms with Crippen molar-refractivity contribution in [2.24, 2.45) is 0 Å². The summed E-state index contributed by atoms with van der Waals surface area (Å²) in [5.74, 6) is -0.909. The lowest BCUT2D eigenvalue weighted by atomic mass is 10.2. The zero-order valence-electron chi connectivity index (χ0n) is 14.5. The maximum absolute atomic E-state index is 12.7. The van der Waals surface area contributed by atoms with Crippen LogP contribution in [0.25, 0.3) is 6.08 Å². The molecule has 0 bridgehead atoms. The summed E-state index contributed by atoms with van der Waals surface area (Å²) < 4.78 is 7.67. The van der Waals surface area contributed by atoms with Gasteiger partial charge in [-0.15, -0.1) is 0 Å².